The summed E-state index contributed by atoms with van der Waals surface area (Å²) in [6.45, 7) is 3.97. The summed E-state index contributed by atoms with van der Waals surface area (Å²) in [5.41, 5.74) is 4.15. The summed E-state index contributed by atoms with van der Waals surface area (Å²) in [7, 11) is 0. The Labute approximate surface area is 217 Å². The van der Waals surface area contributed by atoms with E-state index in [0.29, 0.717) is 25.6 Å². The minimum atomic E-state index is -0.715. The van der Waals surface area contributed by atoms with E-state index in [0.717, 1.165) is 22.3 Å². The number of benzene rings is 3. The molecule has 7 heteroatoms. The van der Waals surface area contributed by atoms with Gasteiger partial charge in [0.05, 0.1) is 28.5 Å². The van der Waals surface area contributed by atoms with Crippen LogP contribution in [0.5, 0.6) is 0 Å². The van der Waals surface area contributed by atoms with Crippen LogP contribution in [0.25, 0.3) is 11.8 Å². The van der Waals surface area contributed by atoms with Crippen molar-refractivity contribution in [3.63, 3.8) is 0 Å². The molecule has 5 rings (SSSR count). The first kappa shape index (κ1) is 24.0. The van der Waals surface area contributed by atoms with Crippen LogP contribution in [0.2, 0.25) is 5.02 Å². The zero-order valence-electron chi connectivity index (χ0n) is 19.8. The third kappa shape index (κ3) is 4.57. The lowest BCUT2D eigenvalue weighted by Crippen LogP contribution is -2.40. The summed E-state index contributed by atoms with van der Waals surface area (Å²) in [5, 5.41) is 0.565. The number of fused-ring (bicyclic) bond motifs is 1. The van der Waals surface area contributed by atoms with E-state index < -0.39 is 12.0 Å². The van der Waals surface area contributed by atoms with Gasteiger partial charge in [-0.1, -0.05) is 95.2 Å². The number of esters is 1. The number of carbonyl (C=O) groups is 1. The highest BCUT2D eigenvalue weighted by molar-refractivity contribution is 7.07. The average molecular weight is 515 g/mol. The van der Waals surface area contributed by atoms with Crippen LogP contribution in [0.15, 0.2) is 94.2 Å². The second-order valence-corrected chi connectivity index (χ2v) is 9.84. The van der Waals surface area contributed by atoms with Gasteiger partial charge >= 0.3 is 5.97 Å². The van der Waals surface area contributed by atoms with Gasteiger partial charge in [0.25, 0.3) is 5.56 Å². The molecular weight excluding hydrogens is 492 g/mol. The van der Waals surface area contributed by atoms with Crippen LogP contribution in [0.3, 0.4) is 0 Å². The quantitative estimate of drug-likeness (QED) is 0.356. The molecule has 1 atom stereocenters. The molecule has 180 valence electrons. The Morgan fingerprint density at radius 2 is 1.83 bits per heavy atom. The molecule has 0 saturated carbocycles. The van der Waals surface area contributed by atoms with Gasteiger partial charge in [0.1, 0.15) is 0 Å². The summed E-state index contributed by atoms with van der Waals surface area (Å²) >= 11 is 7.47. The van der Waals surface area contributed by atoms with Crippen molar-refractivity contribution < 1.29 is 9.53 Å². The Bertz CT molecular complexity index is 1650. The number of rotatable bonds is 5. The van der Waals surface area contributed by atoms with Gasteiger partial charge in [-0.25, -0.2) is 9.79 Å². The van der Waals surface area contributed by atoms with Crippen LogP contribution in [0.4, 0.5) is 0 Å². The Morgan fingerprint density at radius 1 is 1.08 bits per heavy atom. The van der Waals surface area contributed by atoms with Gasteiger partial charge in [0, 0.05) is 10.6 Å². The number of thiazole rings is 1. The van der Waals surface area contributed by atoms with Crippen molar-refractivity contribution in [2.75, 3.05) is 6.61 Å². The summed E-state index contributed by atoms with van der Waals surface area (Å²) in [6, 6.07) is 23.9. The highest BCUT2D eigenvalue weighted by Gasteiger charge is 2.35. The Kier molecular flexibility index (Phi) is 6.72. The third-order valence-electron chi connectivity index (χ3n) is 5.90. The maximum atomic E-state index is 13.8. The fraction of sp³-hybridized carbons (Fsp3) is 0.138. The second-order valence-electron chi connectivity index (χ2n) is 8.40. The minimum Gasteiger partial charge on any atom is -0.463 e. The van der Waals surface area contributed by atoms with E-state index in [1.54, 1.807) is 23.6 Å². The molecule has 0 spiro atoms. The first-order chi connectivity index (χ1) is 17.5. The summed E-state index contributed by atoms with van der Waals surface area (Å²) in [6.07, 6.45) is 1.87. The molecule has 3 aromatic carbocycles. The summed E-state index contributed by atoms with van der Waals surface area (Å²) in [4.78, 5) is 32.6. The number of hydrogen-bond acceptors (Lipinski definition) is 5. The second kappa shape index (κ2) is 10.1. The molecule has 0 bridgehead atoms. The van der Waals surface area contributed by atoms with Crippen molar-refractivity contribution >= 4 is 40.7 Å². The SMILES string of the molecule is CCOC(=O)C1=C(c2ccccc2)N=c2s/c(=C/c3cccc(C)c3)c(=O)n2[C@@H]1c1ccc(Cl)cc1. The highest BCUT2D eigenvalue weighted by atomic mass is 35.5. The molecule has 0 unspecified atom stereocenters. The molecule has 2 heterocycles. The topological polar surface area (TPSA) is 60.7 Å². The van der Waals surface area contributed by atoms with Crippen LogP contribution in [-0.4, -0.2) is 17.1 Å². The normalized spacial score (nSPS) is 15.4. The van der Waals surface area contributed by atoms with Crippen molar-refractivity contribution in [1.29, 1.82) is 0 Å². The molecule has 0 saturated heterocycles. The predicted molar refractivity (Wildman–Crippen MR) is 144 cm³/mol. The average Bonchev–Trinajstić information content (AvgIpc) is 3.19. The monoisotopic (exact) mass is 514 g/mol. The standard InChI is InChI=1S/C29H23ClN2O3S/c1-3-35-28(34)24-25(20-10-5-4-6-11-20)31-29-32(26(24)21-12-14-22(30)15-13-21)27(33)23(36-29)17-19-9-7-8-18(2)16-19/h4-17,26H,3H2,1-2H3/b23-17+/t26-/m1/s1. The van der Waals surface area contributed by atoms with Crippen molar-refractivity contribution in [1.82, 2.24) is 4.57 Å². The largest absolute Gasteiger partial charge is 0.463 e. The third-order valence-corrected chi connectivity index (χ3v) is 7.13. The van der Waals surface area contributed by atoms with Gasteiger partial charge in [-0.15, -0.1) is 0 Å². The zero-order chi connectivity index (χ0) is 25.2. The van der Waals surface area contributed by atoms with Gasteiger partial charge in [-0.2, -0.15) is 0 Å². The first-order valence-corrected chi connectivity index (χ1v) is 12.8. The van der Waals surface area contributed by atoms with Crippen molar-refractivity contribution in [3.8, 4) is 0 Å². The minimum absolute atomic E-state index is 0.204. The van der Waals surface area contributed by atoms with Crippen LogP contribution in [-0.2, 0) is 9.53 Å². The van der Waals surface area contributed by atoms with E-state index in [2.05, 4.69) is 0 Å². The number of carbonyl (C=O) groups excluding carboxylic acids is 1. The fourth-order valence-electron chi connectivity index (χ4n) is 4.31. The van der Waals surface area contributed by atoms with Crippen molar-refractivity contribution in [2.24, 2.45) is 4.99 Å². The molecule has 5 nitrogen and oxygen atoms in total. The Balaban J connectivity index is 1.83. The Hall–Kier alpha value is -3.74. The molecule has 1 aliphatic rings. The van der Waals surface area contributed by atoms with E-state index in [4.69, 9.17) is 21.3 Å². The number of aromatic nitrogens is 1. The van der Waals surface area contributed by atoms with Gasteiger partial charge in [0.2, 0.25) is 0 Å². The van der Waals surface area contributed by atoms with Crippen LogP contribution in [0.1, 0.15) is 35.2 Å². The van der Waals surface area contributed by atoms with Crippen molar-refractivity contribution in [3.05, 3.63) is 131 Å². The smallest absolute Gasteiger partial charge is 0.338 e. The lowest BCUT2D eigenvalue weighted by atomic mass is 9.93. The van der Waals surface area contributed by atoms with E-state index in [1.807, 2.05) is 79.7 Å². The summed E-state index contributed by atoms with van der Waals surface area (Å²) < 4.78 is 7.61. The predicted octanol–water partition coefficient (Wildman–Crippen LogP) is 4.90. The molecule has 36 heavy (non-hydrogen) atoms. The molecular formula is C29H23ClN2O3S. The molecule has 0 aliphatic carbocycles. The molecule has 0 radical (unpaired) electrons. The first-order valence-electron chi connectivity index (χ1n) is 11.6. The van der Waals surface area contributed by atoms with Crippen molar-refractivity contribution in [2.45, 2.75) is 19.9 Å². The maximum absolute atomic E-state index is 13.8. The van der Waals surface area contributed by atoms with Gasteiger partial charge in [-0.05, 0) is 43.2 Å². The maximum Gasteiger partial charge on any atom is 0.338 e. The van der Waals surface area contributed by atoms with Crippen LogP contribution in [0, 0.1) is 6.92 Å². The van der Waals surface area contributed by atoms with E-state index in [1.165, 1.54) is 11.3 Å². The summed E-state index contributed by atoms with van der Waals surface area (Å²) in [5.74, 6) is -0.506. The lowest BCUT2D eigenvalue weighted by molar-refractivity contribution is -0.138. The molecule has 1 aromatic heterocycles. The van der Waals surface area contributed by atoms with E-state index >= 15 is 0 Å². The number of nitrogens with zero attached hydrogens (tertiary/aromatic N) is 2. The van der Waals surface area contributed by atoms with Gasteiger partial charge < -0.3 is 4.74 Å². The number of ether oxygens (including phenoxy) is 1. The molecule has 0 amide bonds. The number of hydrogen-bond donors (Lipinski definition) is 0. The van der Waals surface area contributed by atoms with Crippen LogP contribution >= 0.6 is 22.9 Å². The molecule has 0 N–H and O–H groups in total. The zero-order valence-corrected chi connectivity index (χ0v) is 21.3. The fourth-order valence-corrected chi connectivity index (χ4v) is 5.44. The molecule has 4 aromatic rings. The highest BCUT2D eigenvalue weighted by Crippen LogP contribution is 2.35. The number of aryl methyl sites for hydroxylation is 1. The lowest BCUT2D eigenvalue weighted by Gasteiger charge is -2.25. The van der Waals surface area contributed by atoms with Gasteiger partial charge in [-0.3, -0.25) is 9.36 Å². The van der Waals surface area contributed by atoms with E-state index in [-0.39, 0.29) is 12.2 Å². The number of halogens is 1. The van der Waals surface area contributed by atoms with E-state index in [9.17, 15) is 9.59 Å². The van der Waals surface area contributed by atoms with Crippen LogP contribution < -0.4 is 14.9 Å². The molecule has 1 aliphatic heterocycles. The molecule has 0 fully saturated rings. The van der Waals surface area contributed by atoms with Gasteiger partial charge in [0.15, 0.2) is 4.80 Å². The Morgan fingerprint density at radius 3 is 2.53 bits per heavy atom.